The molecule has 1 aromatic rings. The molecule has 0 atom stereocenters. The molecule has 0 aliphatic heterocycles. The number of hydrogen-bond donors (Lipinski definition) is 1. The first-order valence-electron chi connectivity index (χ1n) is 6.25. The number of carbonyl (C=O) groups is 2. The number of carbonyl (C=O) groups excluding carboxylic acids is 2. The zero-order chi connectivity index (χ0) is 14.3. The summed E-state index contributed by atoms with van der Waals surface area (Å²) in [6, 6.07) is 7.35. The highest BCUT2D eigenvalue weighted by Gasteiger charge is 2.14. The zero-order valence-electron chi connectivity index (χ0n) is 11.3. The first-order chi connectivity index (χ1) is 9.08. The van der Waals surface area contributed by atoms with Crippen LogP contribution in [0.25, 0.3) is 0 Å². The Bertz CT molecular complexity index is 432. The van der Waals surface area contributed by atoms with Crippen LogP contribution in [0.4, 0.5) is 0 Å². The molecule has 0 aliphatic carbocycles. The van der Waals surface area contributed by atoms with Crippen LogP contribution in [0.5, 0.6) is 0 Å². The van der Waals surface area contributed by atoms with Gasteiger partial charge in [-0.1, -0.05) is 35.0 Å². The number of alkyl halides is 1. The molecule has 0 unspecified atom stereocenters. The smallest absolute Gasteiger partial charge is 0.254 e. The highest BCUT2D eigenvalue weighted by molar-refractivity contribution is 9.08. The number of benzene rings is 1. The van der Waals surface area contributed by atoms with E-state index in [0.29, 0.717) is 12.1 Å². The van der Waals surface area contributed by atoms with Crippen LogP contribution in [0.1, 0.15) is 29.3 Å². The Labute approximate surface area is 122 Å². The normalized spacial score (nSPS) is 10.1. The van der Waals surface area contributed by atoms with Crippen molar-refractivity contribution < 1.29 is 9.59 Å². The Morgan fingerprint density at radius 3 is 2.42 bits per heavy atom. The molecule has 0 spiro atoms. The molecule has 0 saturated carbocycles. The molecule has 0 fully saturated rings. The van der Waals surface area contributed by atoms with Crippen molar-refractivity contribution in [3.8, 4) is 0 Å². The van der Waals surface area contributed by atoms with E-state index < -0.39 is 0 Å². The largest absolute Gasteiger partial charge is 0.355 e. The van der Waals surface area contributed by atoms with Crippen molar-refractivity contribution in [2.75, 3.05) is 20.1 Å². The van der Waals surface area contributed by atoms with Gasteiger partial charge >= 0.3 is 0 Å². The monoisotopic (exact) mass is 326 g/mol. The second kappa shape index (κ2) is 7.94. The van der Waals surface area contributed by atoms with Crippen LogP contribution in [0.2, 0.25) is 0 Å². The van der Waals surface area contributed by atoms with Crippen molar-refractivity contribution in [3.05, 3.63) is 35.4 Å². The van der Waals surface area contributed by atoms with Crippen LogP contribution in [0.15, 0.2) is 24.3 Å². The molecule has 0 aliphatic rings. The van der Waals surface area contributed by atoms with Crippen molar-refractivity contribution >= 4 is 27.7 Å². The lowest BCUT2D eigenvalue weighted by molar-refractivity contribution is -0.121. The van der Waals surface area contributed by atoms with Crippen molar-refractivity contribution in [1.82, 2.24) is 10.2 Å². The minimum atomic E-state index is -0.146. The summed E-state index contributed by atoms with van der Waals surface area (Å²) in [6.45, 7) is 2.71. The number of amides is 2. The molecule has 1 N–H and O–H groups in total. The third-order valence-electron chi connectivity index (χ3n) is 2.65. The molecule has 0 aromatic heterocycles. The average Bonchev–Trinajstić information content (AvgIpc) is 2.44. The molecule has 19 heavy (non-hydrogen) atoms. The van der Waals surface area contributed by atoms with E-state index >= 15 is 0 Å². The minimum Gasteiger partial charge on any atom is -0.355 e. The van der Waals surface area contributed by atoms with Gasteiger partial charge in [-0.2, -0.15) is 0 Å². The number of nitrogens with one attached hydrogen (secondary N) is 1. The standard InChI is InChI=1S/C14H19BrN2O2/c1-3-8-16-13(18)10-17(2)14(19)12-6-4-11(9-15)5-7-12/h4-7H,3,8-10H2,1-2H3,(H,16,18). The van der Waals surface area contributed by atoms with E-state index in [4.69, 9.17) is 0 Å². The summed E-state index contributed by atoms with van der Waals surface area (Å²) in [7, 11) is 1.63. The molecule has 0 saturated heterocycles. The minimum absolute atomic E-state index is 0.0824. The molecule has 5 heteroatoms. The molecule has 0 radical (unpaired) electrons. The lowest BCUT2D eigenvalue weighted by Crippen LogP contribution is -2.38. The summed E-state index contributed by atoms with van der Waals surface area (Å²) in [5.41, 5.74) is 1.70. The van der Waals surface area contributed by atoms with Crippen molar-refractivity contribution in [3.63, 3.8) is 0 Å². The van der Waals surface area contributed by atoms with Crippen LogP contribution in [0.3, 0.4) is 0 Å². The van der Waals surface area contributed by atoms with Crippen molar-refractivity contribution in [1.29, 1.82) is 0 Å². The van der Waals surface area contributed by atoms with E-state index in [1.807, 2.05) is 19.1 Å². The quantitative estimate of drug-likeness (QED) is 0.814. The summed E-state index contributed by atoms with van der Waals surface area (Å²) in [6.07, 6.45) is 0.886. The molecule has 0 heterocycles. The number of rotatable bonds is 6. The van der Waals surface area contributed by atoms with Crippen LogP contribution in [-0.4, -0.2) is 36.9 Å². The Morgan fingerprint density at radius 1 is 1.26 bits per heavy atom. The molecular formula is C14H19BrN2O2. The Hall–Kier alpha value is -1.36. The van der Waals surface area contributed by atoms with Crippen LogP contribution >= 0.6 is 15.9 Å². The van der Waals surface area contributed by atoms with E-state index in [2.05, 4.69) is 21.2 Å². The highest BCUT2D eigenvalue weighted by Crippen LogP contribution is 2.09. The van der Waals surface area contributed by atoms with E-state index in [9.17, 15) is 9.59 Å². The fourth-order valence-corrected chi connectivity index (χ4v) is 1.94. The van der Waals surface area contributed by atoms with Crippen LogP contribution < -0.4 is 5.32 Å². The maximum atomic E-state index is 12.1. The fourth-order valence-electron chi connectivity index (χ4n) is 1.56. The number of nitrogens with zero attached hydrogens (tertiary/aromatic N) is 1. The van der Waals surface area contributed by atoms with E-state index in [1.54, 1.807) is 19.2 Å². The third kappa shape index (κ3) is 5.03. The Morgan fingerprint density at radius 2 is 1.89 bits per heavy atom. The van der Waals surface area contributed by atoms with E-state index in [0.717, 1.165) is 17.3 Å². The van der Waals surface area contributed by atoms with Gasteiger partial charge in [0.1, 0.15) is 0 Å². The molecule has 104 valence electrons. The second-order valence-corrected chi connectivity index (χ2v) is 4.90. The van der Waals surface area contributed by atoms with Crippen molar-refractivity contribution in [2.24, 2.45) is 0 Å². The van der Waals surface area contributed by atoms with Gasteiger partial charge in [0.2, 0.25) is 5.91 Å². The lowest BCUT2D eigenvalue weighted by Gasteiger charge is -2.16. The molecule has 2 amide bonds. The summed E-state index contributed by atoms with van der Waals surface area (Å²) in [4.78, 5) is 25.0. The molecular weight excluding hydrogens is 308 g/mol. The molecule has 4 nitrogen and oxygen atoms in total. The maximum Gasteiger partial charge on any atom is 0.254 e. The SMILES string of the molecule is CCCNC(=O)CN(C)C(=O)c1ccc(CBr)cc1. The topological polar surface area (TPSA) is 49.4 Å². The van der Waals surface area contributed by atoms with Gasteiger partial charge in [0, 0.05) is 24.5 Å². The first kappa shape index (κ1) is 15.7. The van der Waals surface area contributed by atoms with Gasteiger partial charge in [-0.15, -0.1) is 0 Å². The summed E-state index contributed by atoms with van der Waals surface area (Å²) in [5, 5.41) is 3.51. The van der Waals surface area contributed by atoms with Crippen LogP contribution in [0, 0.1) is 0 Å². The van der Waals surface area contributed by atoms with Gasteiger partial charge in [-0.3, -0.25) is 9.59 Å². The van der Waals surface area contributed by atoms with Gasteiger partial charge in [0.05, 0.1) is 6.54 Å². The molecule has 1 rings (SSSR count). The van der Waals surface area contributed by atoms with E-state index in [1.165, 1.54) is 4.90 Å². The van der Waals surface area contributed by atoms with Gasteiger partial charge in [0.25, 0.3) is 5.91 Å². The number of halogens is 1. The Kier molecular flexibility index (Phi) is 6.56. The average molecular weight is 327 g/mol. The first-order valence-corrected chi connectivity index (χ1v) is 7.37. The lowest BCUT2D eigenvalue weighted by atomic mass is 10.1. The van der Waals surface area contributed by atoms with Crippen LogP contribution in [-0.2, 0) is 10.1 Å². The van der Waals surface area contributed by atoms with Gasteiger partial charge in [-0.25, -0.2) is 0 Å². The Balaban J connectivity index is 2.58. The zero-order valence-corrected chi connectivity index (χ0v) is 12.9. The second-order valence-electron chi connectivity index (χ2n) is 4.34. The highest BCUT2D eigenvalue weighted by atomic mass is 79.9. The van der Waals surface area contributed by atoms with Crippen molar-refractivity contribution in [2.45, 2.75) is 18.7 Å². The van der Waals surface area contributed by atoms with Gasteiger partial charge in [-0.05, 0) is 24.1 Å². The van der Waals surface area contributed by atoms with E-state index in [-0.39, 0.29) is 18.4 Å². The van der Waals surface area contributed by atoms with Gasteiger partial charge < -0.3 is 10.2 Å². The summed E-state index contributed by atoms with van der Waals surface area (Å²) < 4.78 is 0. The predicted octanol–water partition coefficient (Wildman–Crippen LogP) is 2.18. The number of hydrogen-bond acceptors (Lipinski definition) is 2. The molecule has 0 bridgehead atoms. The summed E-state index contributed by atoms with van der Waals surface area (Å²) in [5.74, 6) is -0.275. The number of likely N-dealkylation sites (N-methyl/N-ethyl adjacent to an activating group) is 1. The third-order valence-corrected chi connectivity index (χ3v) is 3.30. The summed E-state index contributed by atoms with van der Waals surface area (Å²) >= 11 is 3.36. The van der Waals surface area contributed by atoms with Gasteiger partial charge in [0.15, 0.2) is 0 Å². The molecule has 1 aromatic carbocycles. The maximum absolute atomic E-state index is 12.1. The fraction of sp³-hybridized carbons (Fsp3) is 0.429. The predicted molar refractivity (Wildman–Crippen MR) is 79.3 cm³/mol.